The minimum Gasteiger partial charge on any atom is -0.370 e. The van der Waals surface area contributed by atoms with Crippen LogP contribution in [0.15, 0.2) is 18.2 Å². The van der Waals surface area contributed by atoms with Crippen LogP contribution < -0.4 is 0 Å². The first-order valence-electron chi connectivity index (χ1n) is 8.41. The summed E-state index contributed by atoms with van der Waals surface area (Å²) in [4.78, 5) is 2.06. The average molecular weight is 334 g/mol. The molecule has 1 atom stereocenters. The molecule has 3 heterocycles. The van der Waals surface area contributed by atoms with E-state index >= 15 is 0 Å². The number of aromatic nitrogens is 3. The first kappa shape index (κ1) is 15.7. The third-order valence-electron chi connectivity index (χ3n) is 4.81. The van der Waals surface area contributed by atoms with E-state index in [4.69, 9.17) is 4.74 Å². The van der Waals surface area contributed by atoms with E-state index in [1.165, 1.54) is 18.2 Å². The van der Waals surface area contributed by atoms with Gasteiger partial charge < -0.3 is 9.30 Å². The summed E-state index contributed by atoms with van der Waals surface area (Å²) in [5.74, 6) is 0.843. The van der Waals surface area contributed by atoms with Crippen molar-refractivity contribution in [1.82, 2.24) is 19.7 Å². The molecule has 0 bridgehead atoms. The van der Waals surface area contributed by atoms with Gasteiger partial charge in [-0.15, -0.1) is 10.2 Å². The lowest BCUT2D eigenvalue weighted by molar-refractivity contribution is 0.101. The minimum atomic E-state index is -0.487. The Morgan fingerprint density at radius 2 is 1.96 bits per heavy atom. The summed E-state index contributed by atoms with van der Waals surface area (Å²) in [6.45, 7) is 3.17. The highest BCUT2D eigenvalue weighted by atomic mass is 19.1. The molecule has 1 saturated heterocycles. The van der Waals surface area contributed by atoms with Crippen molar-refractivity contribution in [3.05, 3.63) is 47.0 Å². The van der Waals surface area contributed by atoms with Gasteiger partial charge in [0.1, 0.15) is 23.6 Å². The molecule has 5 nitrogen and oxygen atoms in total. The third-order valence-corrected chi connectivity index (χ3v) is 4.81. The van der Waals surface area contributed by atoms with Crippen molar-refractivity contribution in [2.75, 3.05) is 19.7 Å². The highest BCUT2D eigenvalue weighted by Gasteiger charge is 2.27. The fourth-order valence-corrected chi connectivity index (χ4v) is 3.47. The van der Waals surface area contributed by atoms with E-state index in [-0.39, 0.29) is 18.2 Å². The first-order chi connectivity index (χ1) is 11.7. The van der Waals surface area contributed by atoms with Gasteiger partial charge in [-0.1, -0.05) is 6.07 Å². The van der Waals surface area contributed by atoms with Gasteiger partial charge in [-0.05, 0) is 25.0 Å². The van der Waals surface area contributed by atoms with E-state index in [1.54, 1.807) is 0 Å². The van der Waals surface area contributed by atoms with Crippen molar-refractivity contribution in [3.8, 4) is 0 Å². The molecular formula is C17H20F2N4O. The van der Waals surface area contributed by atoms with E-state index in [0.717, 1.165) is 37.5 Å². The third kappa shape index (κ3) is 2.93. The molecule has 128 valence electrons. The number of benzene rings is 1. The second kappa shape index (κ2) is 6.57. The Bertz CT molecular complexity index is 707. The monoisotopic (exact) mass is 334 g/mol. The molecule has 2 aliphatic heterocycles. The average Bonchev–Trinajstić information content (AvgIpc) is 3.18. The molecule has 0 radical (unpaired) electrons. The van der Waals surface area contributed by atoms with Gasteiger partial charge in [0.2, 0.25) is 0 Å². The maximum absolute atomic E-state index is 13.9. The van der Waals surface area contributed by atoms with Crippen LogP contribution in [0.5, 0.6) is 0 Å². The Kier molecular flexibility index (Phi) is 4.28. The molecule has 0 N–H and O–H groups in total. The maximum atomic E-state index is 13.9. The summed E-state index contributed by atoms with van der Waals surface area (Å²) >= 11 is 0. The molecule has 4 rings (SSSR count). The molecule has 0 saturated carbocycles. The fourth-order valence-electron chi connectivity index (χ4n) is 3.47. The Labute approximate surface area is 139 Å². The molecule has 1 aromatic heterocycles. The number of fused-ring (bicyclic) bond motifs is 1. The molecule has 0 aliphatic carbocycles. The molecule has 24 heavy (non-hydrogen) atoms. The van der Waals surface area contributed by atoms with Gasteiger partial charge >= 0.3 is 0 Å². The smallest absolute Gasteiger partial charge is 0.162 e. The summed E-state index contributed by atoms with van der Waals surface area (Å²) < 4.78 is 35.6. The summed E-state index contributed by atoms with van der Waals surface area (Å²) in [7, 11) is 0. The first-order valence-corrected chi connectivity index (χ1v) is 8.41. The molecular weight excluding hydrogens is 314 g/mol. The standard InChI is InChI=1S/C17H20F2N4O/c18-13-3-1-4-14(19)12(13)11-22-7-6-16-20-21-17(23(16)9-8-22)15-5-2-10-24-15/h1,3-4,15H,2,5-11H2. The lowest BCUT2D eigenvalue weighted by atomic mass is 10.2. The summed E-state index contributed by atoms with van der Waals surface area (Å²) in [5.41, 5.74) is 0.134. The van der Waals surface area contributed by atoms with Crippen LogP contribution in [-0.4, -0.2) is 39.4 Å². The normalized spacial score (nSPS) is 21.7. The zero-order valence-electron chi connectivity index (χ0n) is 13.4. The zero-order chi connectivity index (χ0) is 16.5. The number of halogens is 2. The molecule has 0 spiro atoms. The van der Waals surface area contributed by atoms with Crippen molar-refractivity contribution in [3.63, 3.8) is 0 Å². The van der Waals surface area contributed by atoms with Crippen molar-refractivity contribution in [2.24, 2.45) is 0 Å². The van der Waals surface area contributed by atoms with Crippen molar-refractivity contribution < 1.29 is 13.5 Å². The van der Waals surface area contributed by atoms with Crippen LogP contribution in [0, 0.1) is 11.6 Å². The Morgan fingerprint density at radius 1 is 1.12 bits per heavy atom. The van der Waals surface area contributed by atoms with Gasteiger partial charge in [0.15, 0.2) is 5.82 Å². The predicted octanol–water partition coefficient (Wildman–Crippen LogP) is 2.47. The van der Waals surface area contributed by atoms with E-state index in [1.807, 2.05) is 0 Å². The van der Waals surface area contributed by atoms with E-state index in [9.17, 15) is 8.78 Å². The van der Waals surface area contributed by atoms with Crippen LogP contribution in [0.1, 0.15) is 36.2 Å². The van der Waals surface area contributed by atoms with Gasteiger partial charge in [0, 0.05) is 44.8 Å². The molecule has 1 unspecified atom stereocenters. The van der Waals surface area contributed by atoms with Crippen LogP contribution in [0.25, 0.3) is 0 Å². The molecule has 7 heteroatoms. The van der Waals surface area contributed by atoms with Gasteiger partial charge in [0.25, 0.3) is 0 Å². The number of hydrogen-bond acceptors (Lipinski definition) is 4. The number of hydrogen-bond donors (Lipinski definition) is 0. The zero-order valence-corrected chi connectivity index (χ0v) is 13.4. The topological polar surface area (TPSA) is 43.2 Å². The van der Waals surface area contributed by atoms with E-state index in [0.29, 0.717) is 19.6 Å². The predicted molar refractivity (Wildman–Crippen MR) is 83.3 cm³/mol. The molecule has 0 amide bonds. The van der Waals surface area contributed by atoms with Crippen LogP contribution in [0.3, 0.4) is 0 Å². The van der Waals surface area contributed by atoms with Crippen LogP contribution in [0.4, 0.5) is 8.78 Å². The summed E-state index contributed by atoms with van der Waals surface area (Å²) in [6.07, 6.45) is 2.77. The molecule has 2 aromatic rings. The second-order valence-electron chi connectivity index (χ2n) is 6.35. The number of rotatable bonds is 3. The van der Waals surface area contributed by atoms with Crippen LogP contribution in [0.2, 0.25) is 0 Å². The Morgan fingerprint density at radius 3 is 2.71 bits per heavy atom. The highest BCUT2D eigenvalue weighted by Crippen LogP contribution is 2.28. The fraction of sp³-hybridized carbons (Fsp3) is 0.529. The molecule has 2 aliphatic rings. The van der Waals surface area contributed by atoms with Gasteiger partial charge in [-0.2, -0.15) is 0 Å². The Hall–Kier alpha value is -1.86. The van der Waals surface area contributed by atoms with Crippen molar-refractivity contribution >= 4 is 0 Å². The minimum absolute atomic E-state index is 0.0295. The Balaban J connectivity index is 1.49. The van der Waals surface area contributed by atoms with Gasteiger partial charge in [-0.3, -0.25) is 4.90 Å². The largest absolute Gasteiger partial charge is 0.370 e. The number of nitrogens with zero attached hydrogens (tertiary/aromatic N) is 4. The lowest BCUT2D eigenvalue weighted by Gasteiger charge is -2.20. The van der Waals surface area contributed by atoms with E-state index in [2.05, 4.69) is 19.7 Å². The maximum Gasteiger partial charge on any atom is 0.162 e. The van der Waals surface area contributed by atoms with Gasteiger partial charge in [0.05, 0.1) is 0 Å². The van der Waals surface area contributed by atoms with Gasteiger partial charge in [-0.25, -0.2) is 8.78 Å². The number of ether oxygens (including phenoxy) is 1. The van der Waals surface area contributed by atoms with Crippen molar-refractivity contribution in [2.45, 2.75) is 38.5 Å². The van der Waals surface area contributed by atoms with E-state index < -0.39 is 11.6 Å². The molecule has 1 fully saturated rings. The molecule has 1 aromatic carbocycles. The summed E-state index contributed by atoms with van der Waals surface area (Å²) in [5, 5.41) is 8.60. The van der Waals surface area contributed by atoms with Crippen LogP contribution >= 0.6 is 0 Å². The second-order valence-corrected chi connectivity index (χ2v) is 6.35. The van der Waals surface area contributed by atoms with Crippen LogP contribution in [-0.2, 0) is 24.2 Å². The SMILES string of the molecule is Fc1cccc(F)c1CN1CCc2nnc(C3CCCO3)n2CC1. The van der Waals surface area contributed by atoms with Crippen molar-refractivity contribution in [1.29, 1.82) is 0 Å². The quantitative estimate of drug-likeness (QED) is 0.865. The summed E-state index contributed by atoms with van der Waals surface area (Å²) in [6, 6.07) is 4.01. The highest BCUT2D eigenvalue weighted by molar-refractivity contribution is 5.19. The lowest BCUT2D eigenvalue weighted by Crippen LogP contribution is -2.27.